The summed E-state index contributed by atoms with van der Waals surface area (Å²) in [4.78, 5) is 20.6. The van der Waals surface area contributed by atoms with Gasteiger partial charge in [-0.3, -0.25) is 20.2 Å². The van der Waals surface area contributed by atoms with Gasteiger partial charge >= 0.3 is 0 Å². The molecule has 2 rings (SSSR count). The highest BCUT2D eigenvalue weighted by Crippen LogP contribution is 2.36. The molecule has 0 aliphatic heterocycles. The summed E-state index contributed by atoms with van der Waals surface area (Å²) in [5.41, 5.74) is -0.693. The standard InChI is InChI=1S/C10H10N6O4S/c1-6(2)14-10(11-12-13-14)21-9-4-3-7(15(17)18)5-8(9)16(19)20/h3-6H,1-2H3. The van der Waals surface area contributed by atoms with Crippen LogP contribution >= 0.6 is 11.8 Å². The minimum absolute atomic E-state index is 0.0143. The molecule has 10 nitrogen and oxygen atoms in total. The molecule has 0 saturated carbocycles. The summed E-state index contributed by atoms with van der Waals surface area (Å²) in [7, 11) is 0. The number of rotatable bonds is 5. The topological polar surface area (TPSA) is 130 Å². The van der Waals surface area contributed by atoms with Gasteiger partial charge in [0.2, 0.25) is 5.16 Å². The fourth-order valence-corrected chi connectivity index (χ4v) is 2.51. The van der Waals surface area contributed by atoms with E-state index in [1.807, 2.05) is 13.8 Å². The van der Waals surface area contributed by atoms with Crippen LogP contribution in [-0.2, 0) is 0 Å². The summed E-state index contributed by atoms with van der Waals surface area (Å²) < 4.78 is 1.51. The van der Waals surface area contributed by atoms with E-state index in [4.69, 9.17) is 0 Å². The molecule has 0 aliphatic carbocycles. The number of aromatic nitrogens is 4. The van der Waals surface area contributed by atoms with Gasteiger partial charge in [0.1, 0.15) is 0 Å². The van der Waals surface area contributed by atoms with Gasteiger partial charge < -0.3 is 0 Å². The van der Waals surface area contributed by atoms with Gasteiger partial charge in [0.15, 0.2) is 0 Å². The van der Waals surface area contributed by atoms with E-state index in [2.05, 4.69) is 15.5 Å². The normalized spacial score (nSPS) is 10.8. The predicted octanol–water partition coefficient (Wildman–Crippen LogP) is 2.22. The van der Waals surface area contributed by atoms with Crippen molar-refractivity contribution in [2.24, 2.45) is 0 Å². The zero-order chi connectivity index (χ0) is 15.6. The van der Waals surface area contributed by atoms with Gasteiger partial charge in [0.05, 0.1) is 26.9 Å². The van der Waals surface area contributed by atoms with E-state index in [1.54, 1.807) is 0 Å². The first-order valence-electron chi connectivity index (χ1n) is 5.78. The third kappa shape index (κ3) is 3.13. The van der Waals surface area contributed by atoms with Crippen LogP contribution in [0.15, 0.2) is 28.3 Å². The molecule has 0 unspecified atom stereocenters. The summed E-state index contributed by atoms with van der Waals surface area (Å²) >= 11 is 0.987. The summed E-state index contributed by atoms with van der Waals surface area (Å²) in [5, 5.41) is 33.2. The minimum Gasteiger partial charge on any atom is -0.258 e. The number of non-ortho nitro benzene ring substituents is 1. The Kier molecular flexibility index (Phi) is 4.12. The van der Waals surface area contributed by atoms with Gasteiger partial charge in [0.25, 0.3) is 11.4 Å². The van der Waals surface area contributed by atoms with Gasteiger partial charge in [0, 0.05) is 6.07 Å². The van der Waals surface area contributed by atoms with Crippen molar-refractivity contribution < 1.29 is 9.85 Å². The molecule has 0 bridgehead atoms. The molecule has 110 valence electrons. The van der Waals surface area contributed by atoms with Crippen LogP contribution < -0.4 is 0 Å². The monoisotopic (exact) mass is 310 g/mol. The van der Waals surface area contributed by atoms with Crippen molar-refractivity contribution in [3.05, 3.63) is 38.4 Å². The smallest absolute Gasteiger partial charge is 0.258 e. The quantitative estimate of drug-likeness (QED) is 0.607. The fourth-order valence-electron chi connectivity index (χ4n) is 1.52. The molecule has 1 aromatic carbocycles. The highest BCUT2D eigenvalue weighted by Gasteiger charge is 2.22. The third-order valence-electron chi connectivity index (χ3n) is 2.50. The lowest BCUT2D eigenvalue weighted by Crippen LogP contribution is -2.04. The van der Waals surface area contributed by atoms with Crippen molar-refractivity contribution in [2.45, 2.75) is 29.9 Å². The number of hydrogen-bond acceptors (Lipinski definition) is 8. The average molecular weight is 310 g/mol. The second-order valence-corrected chi connectivity index (χ2v) is 5.28. The predicted molar refractivity (Wildman–Crippen MR) is 72.1 cm³/mol. The Morgan fingerprint density at radius 3 is 2.52 bits per heavy atom. The van der Waals surface area contributed by atoms with E-state index in [0.717, 1.165) is 17.8 Å². The van der Waals surface area contributed by atoms with Crippen molar-refractivity contribution >= 4 is 23.1 Å². The number of tetrazole rings is 1. The minimum atomic E-state index is -0.681. The lowest BCUT2D eigenvalue weighted by atomic mass is 10.3. The summed E-state index contributed by atoms with van der Waals surface area (Å²) in [6.07, 6.45) is 0. The van der Waals surface area contributed by atoms with Crippen LogP contribution in [-0.4, -0.2) is 30.1 Å². The lowest BCUT2D eigenvalue weighted by Gasteiger charge is -2.07. The second-order valence-electron chi connectivity index (χ2n) is 4.27. The van der Waals surface area contributed by atoms with E-state index >= 15 is 0 Å². The molecule has 1 heterocycles. The van der Waals surface area contributed by atoms with Crippen molar-refractivity contribution in [2.75, 3.05) is 0 Å². The number of nitro benzene ring substituents is 2. The Labute approximate surface area is 122 Å². The Morgan fingerprint density at radius 1 is 1.24 bits per heavy atom. The van der Waals surface area contributed by atoms with E-state index in [-0.39, 0.29) is 22.3 Å². The van der Waals surface area contributed by atoms with Crippen LogP contribution in [0, 0.1) is 20.2 Å². The maximum absolute atomic E-state index is 11.1. The molecule has 2 aromatic rings. The first-order valence-corrected chi connectivity index (χ1v) is 6.60. The molecule has 0 spiro atoms. The Bertz CT molecular complexity index is 701. The zero-order valence-corrected chi connectivity index (χ0v) is 11.9. The summed E-state index contributed by atoms with van der Waals surface area (Å²) in [5.74, 6) is 0. The molecule has 0 radical (unpaired) electrons. The molecule has 0 fully saturated rings. The molecule has 11 heteroatoms. The van der Waals surface area contributed by atoms with Crippen LogP contribution in [0.3, 0.4) is 0 Å². The van der Waals surface area contributed by atoms with E-state index in [0.29, 0.717) is 5.16 Å². The number of nitro groups is 2. The highest BCUT2D eigenvalue weighted by atomic mass is 32.2. The first-order chi connectivity index (χ1) is 9.90. The molecule has 1 aromatic heterocycles. The Morgan fingerprint density at radius 2 is 1.95 bits per heavy atom. The molecule has 0 amide bonds. The van der Waals surface area contributed by atoms with Crippen molar-refractivity contribution in [3.63, 3.8) is 0 Å². The highest BCUT2D eigenvalue weighted by molar-refractivity contribution is 7.99. The molecule has 0 atom stereocenters. The van der Waals surface area contributed by atoms with Gasteiger partial charge in [-0.1, -0.05) is 0 Å². The third-order valence-corrected chi connectivity index (χ3v) is 3.52. The molecular weight excluding hydrogens is 300 g/mol. The molecule has 21 heavy (non-hydrogen) atoms. The van der Waals surface area contributed by atoms with Gasteiger partial charge in [-0.2, -0.15) is 0 Å². The maximum atomic E-state index is 11.1. The zero-order valence-electron chi connectivity index (χ0n) is 11.0. The van der Waals surface area contributed by atoms with Crippen molar-refractivity contribution in [1.29, 1.82) is 0 Å². The lowest BCUT2D eigenvalue weighted by molar-refractivity contribution is -0.396. The summed E-state index contributed by atoms with van der Waals surface area (Å²) in [6, 6.07) is 3.44. The first kappa shape index (κ1) is 14.8. The number of benzene rings is 1. The summed E-state index contributed by atoms with van der Waals surface area (Å²) in [6.45, 7) is 3.73. The average Bonchev–Trinajstić information content (AvgIpc) is 2.87. The van der Waals surface area contributed by atoms with Crippen LogP contribution in [0.5, 0.6) is 0 Å². The van der Waals surface area contributed by atoms with Crippen LogP contribution in [0.1, 0.15) is 19.9 Å². The largest absolute Gasteiger partial charge is 0.290 e. The van der Waals surface area contributed by atoms with Crippen molar-refractivity contribution in [1.82, 2.24) is 20.2 Å². The van der Waals surface area contributed by atoms with Gasteiger partial charge in [-0.25, -0.2) is 4.68 Å². The molecular formula is C10H10N6O4S. The van der Waals surface area contributed by atoms with E-state index in [1.165, 1.54) is 16.8 Å². The molecule has 0 N–H and O–H groups in total. The Hall–Kier alpha value is -2.56. The van der Waals surface area contributed by atoms with Crippen LogP contribution in [0.25, 0.3) is 0 Å². The van der Waals surface area contributed by atoms with E-state index in [9.17, 15) is 20.2 Å². The van der Waals surface area contributed by atoms with Crippen molar-refractivity contribution in [3.8, 4) is 0 Å². The number of nitrogens with zero attached hydrogens (tertiary/aromatic N) is 6. The Balaban J connectivity index is 2.42. The second kappa shape index (κ2) is 5.83. The van der Waals surface area contributed by atoms with Gasteiger partial charge in [-0.05, 0) is 42.1 Å². The van der Waals surface area contributed by atoms with Gasteiger partial charge in [-0.15, -0.1) is 5.10 Å². The maximum Gasteiger partial charge on any atom is 0.290 e. The number of hydrogen-bond donors (Lipinski definition) is 0. The molecule has 0 aliphatic rings. The molecule has 0 saturated heterocycles. The van der Waals surface area contributed by atoms with Crippen LogP contribution in [0.2, 0.25) is 0 Å². The SMILES string of the molecule is CC(C)n1nnnc1Sc1ccc([N+](=O)[O-])cc1[N+](=O)[O-]. The van der Waals surface area contributed by atoms with Crippen LogP contribution in [0.4, 0.5) is 11.4 Å². The fraction of sp³-hybridized carbons (Fsp3) is 0.300. The van der Waals surface area contributed by atoms with E-state index < -0.39 is 9.85 Å².